The Morgan fingerprint density at radius 3 is 1.93 bits per heavy atom. The van der Waals surface area contributed by atoms with E-state index >= 15 is 0 Å². The fraction of sp³-hybridized carbons (Fsp3) is 0.358. The third kappa shape index (κ3) is 3.46. The molecule has 8 aliphatic rings. The van der Waals surface area contributed by atoms with Gasteiger partial charge in [0.1, 0.15) is 0 Å². The van der Waals surface area contributed by atoms with Crippen molar-refractivity contribution in [3.8, 4) is 16.8 Å². The van der Waals surface area contributed by atoms with Crippen LogP contribution in [0.3, 0.4) is 0 Å². The lowest BCUT2D eigenvalue weighted by Gasteiger charge is -2.48. The van der Waals surface area contributed by atoms with Crippen LogP contribution in [0.5, 0.6) is 0 Å². The molecule has 1 spiro atoms. The Bertz CT molecular complexity index is 3260. The highest BCUT2D eigenvalue weighted by Crippen LogP contribution is 2.76. The van der Waals surface area contributed by atoms with Gasteiger partial charge >= 0.3 is 0 Å². The minimum atomic E-state index is 0.605. The fourth-order valence-electron chi connectivity index (χ4n) is 16.1. The fourth-order valence-corrected chi connectivity index (χ4v) is 16.1. The van der Waals surface area contributed by atoms with Gasteiger partial charge in [-0.1, -0.05) is 48.5 Å². The molecule has 0 aliphatic heterocycles. The highest BCUT2D eigenvalue weighted by atomic mass is 15.0. The zero-order chi connectivity index (χ0) is 36.5. The van der Waals surface area contributed by atoms with Crippen molar-refractivity contribution in [2.45, 2.75) is 87.9 Å². The lowest BCUT2D eigenvalue weighted by molar-refractivity contribution is 0.00321. The van der Waals surface area contributed by atoms with Gasteiger partial charge in [-0.15, -0.1) is 0 Å². The second-order valence-corrected chi connectivity index (χ2v) is 20.3. The molecule has 7 unspecified atom stereocenters. The zero-order valence-electron chi connectivity index (χ0n) is 32.2. The van der Waals surface area contributed by atoms with E-state index in [4.69, 9.17) is 9.97 Å². The van der Waals surface area contributed by atoms with Crippen molar-refractivity contribution >= 4 is 59.9 Å². The van der Waals surface area contributed by atoms with Crippen LogP contribution in [-0.4, -0.2) is 18.9 Å². The van der Waals surface area contributed by atoms with Crippen LogP contribution in [0.2, 0.25) is 0 Å². The molecule has 0 amide bonds. The average molecular weight is 737 g/mol. The number of pyridine rings is 2. The summed E-state index contributed by atoms with van der Waals surface area (Å²) in [6.07, 6.45) is 18.4. The van der Waals surface area contributed by atoms with E-state index in [-0.39, 0.29) is 0 Å². The van der Waals surface area contributed by atoms with E-state index in [1.807, 2.05) is 0 Å². The Hall–Kier alpha value is -5.22. The first-order valence-corrected chi connectivity index (χ1v) is 22.3. The molecule has 5 aromatic heterocycles. The second kappa shape index (κ2) is 9.89. The van der Waals surface area contributed by atoms with Crippen LogP contribution in [0, 0.1) is 29.1 Å². The van der Waals surface area contributed by atoms with Gasteiger partial charge in [0.15, 0.2) is 0 Å². The molecule has 4 heteroatoms. The van der Waals surface area contributed by atoms with E-state index in [2.05, 4.69) is 106 Å². The molecule has 0 N–H and O–H groups in total. The van der Waals surface area contributed by atoms with Crippen molar-refractivity contribution in [1.82, 2.24) is 18.9 Å². The van der Waals surface area contributed by atoms with Gasteiger partial charge in [-0.3, -0.25) is 9.97 Å². The van der Waals surface area contributed by atoms with Gasteiger partial charge in [-0.05, 0) is 164 Å². The van der Waals surface area contributed by atoms with Crippen molar-refractivity contribution in [3.63, 3.8) is 0 Å². The van der Waals surface area contributed by atoms with Gasteiger partial charge in [0.2, 0.25) is 0 Å². The molecule has 0 radical (unpaired) electrons. The molecule has 8 aliphatic carbocycles. The normalized spacial score (nSPS) is 31.6. The first-order chi connectivity index (χ1) is 28.2. The lowest BCUT2D eigenvalue weighted by atomic mass is 9.56. The van der Waals surface area contributed by atoms with Gasteiger partial charge in [-0.25, -0.2) is 0 Å². The summed E-state index contributed by atoms with van der Waals surface area (Å²) in [5, 5.41) is 8.56. The largest absolute Gasteiger partial charge is 0.309 e. The number of benzene rings is 4. The van der Waals surface area contributed by atoms with Crippen LogP contribution in [0.1, 0.15) is 110 Å². The molecule has 7 bridgehead atoms. The number of hydrogen-bond donors (Lipinski definition) is 0. The highest BCUT2D eigenvalue weighted by molar-refractivity contribution is 6.26. The topological polar surface area (TPSA) is 35.1 Å². The molecule has 4 aromatic carbocycles. The molecular formula is C53H44N4. The Labute approximate surface area is 331 Å². The SMILES string of the molecule is c1ccc(-n2c3ccccc3c3ccc(-c4cc5c6c7c(ncc6n6c8cnc9c(c8c(c4)c56)C4CC5CC6CC9CC65C4)C4CC5CC(C4)CC7C5)cc32)cc1. The summed E-state index contributed by atoms with van der Waals surface area (Å²) in [5.74, 6) is 6.11. The summed E-state index contributed by atoms with van der Waals surface area (Å²) in [4.78, 5) is 11.1. The van der Waals surface area contributed by atoms with Gasteiger partial charge in [-0.2, -0.15) is 0 Å². The summed E-state index contributed by atoms with van der Waals surface area (Å²) in [7, 11) is 0. The van der Waals surface area contributed by atoms with Crippen LogP contribution in [0.25, 0.3) is 76.7 Å². The number of nitrogens with zero attached hydrogens (tertiary/aromatic N) is 4. The van der Waals surface area contributed by atoms with Crippen LogP contribution in [0.15, 0.2) is 97.3 Å². The first kappa shape index (κ1) is 29.9. The van der Waals surface area contributed by atoms with E-state index < -0.39 is 0 Å². The quantitative estimate of drug-likeness (QED) is 0.177. The monoisotopic (exact) mass is 736 g/mol. The van der Waals surface area contributed by atoms with Crippen LogP contribution < -0.4 is 0 Å². The van der Waals surface area contributed by atoms with Crippen molar-refractivity contribution in [2.75, 3.05) is 0 Å². The third-order valence-electron chi connectivity index (χ3n) is 17.9. The minimum absolute atomic E-state index is 0.605. The van der Waals surface area contributed by atoms with Gasteiger partial charge in [0, 0.05) is 61.2 Å². The maximum absolute atomic E-state index is 5.56. The molecule has 276 valence electrons. The molecule has 4 nitrogen and oxygen atoms in total. The molecule has 5 heterocycles. The Morgan fingerprint density at radius 2 is 1.14 bits per heavy atom. The molecule has 9 aromatic rings. The summed E-state index contributed by atoms with van der Waals surface area (Å²) in [6.45, 7) is 0. The summed E-state index contributed by atoms with van der Waals surface area (Å²) < 4.78 is 5.13. The molecule has 57 heavy (non-hydrogen) atoms. The summed E-state index contributed by atoms with van der Waals surface area (Å²) >= 11 is 0. The molecule has 0 saturated heterocycles. The van der Waals surface area contributed by atoms with Gasteiger partial charge < -0.3 is 8.97 Å². The molecule has 7 atom stereocenters. The maximum atomic E-state index is 5.56. The number of hydrogen-bond acceptors (Lipinski definition) is 2. The van der Waals surface area contributed by atoms with Gasteiger partial charge in [0.25, 0.3) is 0 Å². The van der Waals surface area contributed by atoms with E-state index in [1.54, 1.807) is 11.1 Å². The summed E-state index contributed by atoms with van der Waals surface area (Å²) in [5.41, 5.74) is 17.2. The van der Waals surface area contributed by atoms with E-state index in [0.29, 0.717) is 29.1 Å². The minimum Gasteiger partial charge on any atom is -0.309 e. The van der Waals surface area contributed by atoms with Crippen molar-refractivity contribution in [2.24, 2.45) is 29.1 Å². The number of para-hydroxylation sites is 2. The second-order valence-electron chi connectivity index (χ2n) is 20.3. The predicted molar refractivity (Wildman–Crippen MR) is 230 cm³/mol. The van der Waals surface area contributed by atoms with Gasteiger partial charge in [0.05, 0.1) is 40.0 Å². The Kier molecular flexibility index (Phi) is 5.20. The standard InChI is InChI=1S/C53H44N4/c1-2-6-37(7-3-1)56-42-9-5-4-8-38(42)39-11-10-29(21-43(39)56)30-19-40-48-44(25-54-50-32-15-27-12-28(16-32)14-31(13-27)46(48)50)57-45-26-55-51-34-18-36-22-35-17-33(23-53(35,36)24-34)47(51)49(45)41(20-30)52(40)57/h1-11,19-21,25-28,31-36H,12-18,22-24H2. The van der Waals surface area contributed by atoms with Crippen LogP contribution >= 0.6 is 0 Å². The zero-order valence-corrected chi connectivity index (χ0v) is 32.2. The maximum Gasteiger partial charge on any atom is 0.0728 e. The Balaban J connectivity index is 1.03. The smallest absolute Gasteiger partial charge is 0.0728 e. The van der Waals surface area contributed by atoms with E-state index in [1.165, 1.54) is 152 Å². The van der Waals surface area contributed by atoms with Crippen LogP contribution in [-0.2, 0) is 0 Å². The number of fused-ring (bicyclic) bond motifs is 15. The van der Waals surface area contributed by atoms with E-state index in [0.717, 1.165) is 23.7 Å². The van der Waals surface area contributed by atoms with E-state index in [9.17, 15) is 0 Å². The Morgan fingerprint density at radius 1 is 0.491 bits per heavy atom. The average Bonchev–Trinajstić information content (AvgIpc) is 3.97. The molecular weight excluding hydrogens is 693 g/mol. The van der Waals surface area contributed by atoms with Crippen molar-refractivity contribution in [3.05, 3.63) is 120 Å². The third-order valence-corrected chi connectivity index (χ3v) is 17.9. The molecule has 5 saturated carbocycles. The molecule has 5 fully saturated rings. The first-order valence-electron chi connectivity index (χ1n) is 22.3. The highest BCUT2D eigenvalue weighted by Gasteiger charge is 2.66. The summed E-state index contributed by atoms with van der Waals surface area (Å²) in [6, 6.07) is 32.4. The van der Waals surface area contributed by atoms with Crippen LogP contribution in [0.4, 0.5) is 0 Å². The number of aromatic nitrogens is 4. The van der Waals surface area contributed by atoms with Crippen molar-refractivity contribution in [1.29, 1.82) is 0 Å². The van der Waals surface area contributed by atoms with Crippen molar-refractivity contribution < 1.29 is 0 Å². The predicted octanol–water partition coefficient (Wildman–Crippen LogP) is 13.2. The molecule has 17 rings (SSSR count). The number of rotatable bonds is 2. The lowest BCUT2D eigenvalue weighted by Crippen LogP contribution is -2.41.